The van der Waals surface area contributed by atoms with Crippen molar-refractivity contribution in [2.75, 3.05) is 65.6 Å². The SMILES string of the molecule is COC(=O)N[C@H](C(=O)N1CCC[C@H]1c1ncc(-c2ccc(-c3ccc(NC(=O)[C@@H]4CCN(C(=O)[C@H](NC(=O)OC)C5CCOCC5)C4)cc3)cc2)[nH]1)C1CCCOC1. The Hall–Kier alpha value is -5.48. The van der Waals surface area contributed by atoms with Crippen molar-refractivity contribution < 1.29 is 42.9 Å². The Kier molecular flexibility index (Phi) is 13.2. The number of benzene rings is 2. The van der Waals surface area contributed by atoms with Gasteiger partial charge in [-0.25, -0.2) is 14.6 Å². The van der Waals surface area contributed by atoms with Crippen LogP contribution in [0.25, 0.3) is 22.4 Å². The smallest absolute Gasteiger partial charge is 0.407 e. The van der Waals surface area contributed by atoms with E-state index < -0.39 is 24.3 Å². The van der Waals surface area contributed by atoms with E-state index >= 15 is 0 Å². The van der Waals surface area contributed by atoms with Gasteiger partial charge in [-0.1, -0.05) is 36.4 Å². The lowest BCUT2D eigenvalue weighted by Crippen LogP contribution is -2.53. The summed E-state index contributed by atoms with van der Waals surface area (Å²) >= 11 is 0. The molecule has 4 N–H and O–H groups in total. The third-order valence-electron chi connectivity index (χ3n) is 11.9. The molecule has 5 amide bonds. The Bertz CT molecular complexity index is 1910. The lowest BCUT2D eigenvalue weighted by Gasteiger charge is -2.34. The number of carbonyl (C=O) groups excluding carboxylic acids is 5. The number of carbonyl (C=O) groups is 5. The Balaban J connectivity index is 0.939. The molecular formula is C42H53N7O9. The molecule has 0 radical (unpaired) electrons. The van der Waals surface area contributed by atoms with Gasteiger partial charge < -0.3 is 49.7 Å². The molecule has 4 aliphatic heterocycles. The van der Waals surface area contributed by atoms with E-state index in [-0.39, 0.29) is 48.1 Å². The summed E-state index contributed by atoms with van der Waals surface area (Å²) in [4.78, 5) is 76.6. The largest absolute Gasteiger partial charge is 0.453 e. The minimum Gasteiger partial charge on any atom is -0.453 e. The number of methoxy groups -OCH3 is 2. The van der Waals surface area contributed by atoms with Gasteiger partial charge in [0.1, 0.15) is 17.9 Å². The van der Waals surface area contributed by atoms with Crippen molar-refractivity contribution in [2.45, 2.75) is 63.1 Å². The summed E-state index contributed by atoms with van der Waals surface area (Å²) in [6, 6.07) is 14.0. The summed E-state index contributed by atoms with van der Waals surface area (Å²) in [7, 11) is 2.56. The highest BCUT2D eigenvalue weighted by Gasteiger charge is 2.41. The molecule has 16 nitrogen and oxygen atoms in total. The number of amides is 5. The van der Waals surface area contributed by atoms with E-state index in [0.29, 0.717) is 70.3 Å². The van der Waals surface area contributed by atoms with Crippen LogP contribution in [0.15, 0.2) is 54.7 Å². The van der Waals surface area contributed by atoms with Crippen LogP contribution < -0.4 is 16.0 Å². The topological polar surface area (TPSA) is 194 Å². The number of ether oxygens (including phenoxy) is 4. The van der Waals surface area contributed by atoms with Crippen molar-refractivity contribution in [3.63, 3.8) is 0 Å². The second-order valence-electron chi connectivity index (χ2n) is 15.4. The number of rotatable bonds is 11. The molecule has 1 aromatic heterocycles. The van der Waals surface area contributed by atoms with Gasteiger partial charge in [0.15, 0.2) is 0 Å². The van der Waals surface area contributed by atoms with E-state index in [1.807, 2.05) is 53.4 Å². The van der Waals surface area contributed by atoms with Gasteiger partial charge >= 0.3 is 12.2 Å². The highest BCUT2D eigenvalue weighted by Crippen LogP contribution is 2.34. The van der Waals surface area contributed by atoms with Gasteiger partial charge in [-0.3, -0.25) is 14.4 Å². The van der Waals surface area contributed by atoms with Crippen molar-refractivity contribution in [1.29, 1.82) is 0 Å². The van der Waals surface area contributed by atoms with Crippen molar-refractivity contribution in [3.05, 3.63) is 60.6 Å². The van der Waals surface area contributed by atoms with Crippen LogP contribution in [-0.4, -0.2) is 122 Å². The van der Waals surface area contributed by atoms with Crippen LogP contribution in [-0.2, 0) is 33.3 Å². The summed E-state index contributed by atoms with van der Waals surface area (Å²) in [5, 5.41) is 8.50. The van der Waals surface area contributed by atoms with Gasteiger partial charge in [-0.05, 0) is 79.7 Å². The molecule has 7 rings (SSSR count). The normalized spacial score (nSPS) is 22.1. The highest BCUT2D eigenvalue weighted by molar-refractivity contribution is 5.94. The zero-order valence-electron chi connectivity index (χ0n) is 33.1. The second kappa shape index (κ2) is 18.9. The van der Waals surface area contributed by atoms with Crippen molar-refractivity contribution in [2.24, 2.45) is 17.8 Å². The average molecular weight is 800 g/mol. The molecule has 0 bridgehead atoms. The van der Waals surface area contributed by atoms with E-state index in [2.05, 4.69) is 25.9 Å². The number of hydrogen-bond donors (Lipinski definition) is 4. The number of hydrogen-bond acceptors (Lipinski definition) is 10. The number of H-pyrrole nitrogens is 1. The number of aromatic nitrogens is 2. The molecule has 5 atom stereocenters. The molecule has 0 aliphatic carbocycles. The Morgan fingerprint density at radius 3 is 2.05 bits per heavy atom. The van der Waals surface area contributed by atoms with Crippen LogP contribution in [0.1, 0.15) is 56.8 Å². The molecule has 58 heavy (non-hydrogen) atoms. The standard InChI is InChI=1S/C42H53N7O9/c1-55-41(53)46-35(29-16-21-57-22-17-29)39(51)48-19-15-30(24-48)38(50)44-32-13-11-27(12-14-32)26-7-9-28(10-8-26)33-23-43-37(45-33)34-6-3-18-49(34)40(52)36(47-42(54)56-2)31-5-4-20-58-25-31/h7-14,23,29-31,34-36H,3-6,15-22,24-25H2,1-2H3,(H,43,45)(H,44,50)(H,46,53)(H,47,54)/t30-,31?,34+,35-,36+/m1/s1. The van der Waals surface area contributed by atoms with Crippen molar-refractivity contribution in [3.8, 4) is 22.4 Å². The minimum absolute atomic E-state index is 0.0616. The summed E-state index contributed by atoms with van der Waals surface area (Å²) in [5.41, 5.74) is 4.40. The molecule has 5 heterocycles. The molecule has 2 aromatic carbocycles. The number of aromatic amines is 1. The molecular weight excluding hydrogens is 747 g/mol. The first-order valence-electron chi connectivity index (χ1n) is 20.2. The monoisotopic (exact) mass is 799 g/mol. The molecule has 310 valence electrons. The fourth-order valence-electron chi connectivity index (χ4n) is 8.56. The van der Waals surface area contributed by atoms with E-state index in [4.69, 9.17) is 18.9 Å². The Labute approximate surface area is 337 Å². The van der Waals surface area contributed by atoms with Crippen LogP contribution >= 0.6 is 0 Å². The fourth-order valence-corrected chi connectivity index (χ4v) is 8.56. The van der Waals surface area contributed by atoms with Crippen LogP contribution in [0.4, 0.5) is 15.3 Å². The van der Waals surface area contributed by atoms with E-state index in [1.165, 1.54) is 14.2 Å². The molecule has 0 saturated carbocycles. The van der Waals surface area contributed by atoms with E-state index in [9.17, 15) is 24.0 Å². The molecule has 3 aromatic rings. The molecule has 1 unspecified atom stereocenters. The third kappa shape index (κ3) is 9.45. The molecule has 4 saturated heterocycles. The Morgan fingerprint density at radius 1 is 0.741 bits per heavy atom. The maximum atomic E-state index is 13.9. The lowest BCUT2D eigenvalue weighted by molar-refractivity contribution is -0.137. The van der Waals surface area contributed by atoms with Crippen molar-refractivity contribution >= 4 is 35.6 Å². The van der Waals surface area contributed by atoms with Crippen LogP contribution in [0.2, 0.25) is 0 Å². The third-order valence-corrected chi connectivity index (χ3v) is 11.9. The minimum atomic E-state index is -0.740. The van der Waals surface area contributed by atoms with Crippen molar-refractivity contribution in [1.82, 2.24) is 30.4 Å². The first kappa shape index (κ1) is 40.7. The molecule has 16 heteroatoms. The van der Waals surface area contributed by atoms with Gasteiger partial charge in [-0.2, -0.15) is 0 Å². The summed E-state index contributed by atoms with van der Waals surface area (Å²) in [5.74, 6) is -0.379. The number of nitrogens with zero attached hydrogens (tertiary/aromatic N) is 3. The van der Waals surface area contributed by atoms with Gasteiger partial charge in [0.05, 0.1) is 44.7 Å². The Morgan fingerprint density at radius 2 is 1.40 bits per heavy atom. The second-order valence-corrected chi connectivity index (χ2v) is 15.4. The molecule has 4 aliphatic rings. The summed E-state index contributed by atoms with van der Waals surface area (Å²) in [6.45, 7) is 3.39. The predicted molar refractivity (Wildman–Crippen MR) is 212 cm³/mol. The molecule has 4 fully saturated rings. The fraction of sp³-hybridized carbons (Fsp3) is 0.524. The van der Waals surface area contributed by atoms with E-state index in [1.54, 1.807) is 11.1 Å². The van der Waals surface area contributed by atoms with Gasteiger partial charge in [0, 0.05) is 51.1 Å². The summed E-state index contributed by atoms with van der Waals surface area (Å²) < 4.78 is 20.7. The van der Waals surface area contributed by atoms with Gasteiger partial charge in [0.2, 0.25) is 17.7 Å². The average Bonchev–Trinajstić information content (AvgIpc) is 4.07. The zero-order valence-corrected chi connectivity index (χ0v) is 33.1. The lowest BCUT2D eigenvalue weighted by atomic mass is 9.91. The maximum absolute atomic E-state index is 13.9. The number of likely N-dealkylation sites (tertiary alicyclic amines) is 2. The van der Waals surface area contributed by atoms with Crippen LogP contribution in [0.3, 0.4) is 0 Å². The zero-order chi connectivity index (χ0) is 40.6. The maximum Gasteiger partial charge on any atom is 0.407 e. The number of anilines is 1. The van der Waals surface area contributed by atoms with Crippen LogP contribution in [0, 0.1) is 17.8 Å². The highest BCUT2D eigenvalue weighted by atomic mass is 16.5. The van der Waals surface area contributed by atoms with Gasteiger partial charge in [0.25, 0.3) is 0 Å². The quantitative estimate of drug-likeness (QED) is 0.215. The summed E-state index contributed by atoms with van der Waals surface area (Å²) in [6.07, 6.45) is 5.53. The number of nitrogens with one attached hydrogen (secondary N) is 4. The molecule has 0 spiro atoms. The van der Waals surface area contributed by atoms with Gasteiger partial charge in [-0.15, -0.1) is 0 Å². The first-order valence-corrected chi connectivity index (χ1v) is 20.2. The number of imidazole rings is 1. The predicted octanol–water partition coefficient (Wildman–Crippen LogP) is 4.50. The number of alkyl carbamates (subject to hydrolysis) is 2. The van der Waals surface area contributed by atoms with E-state index in [0.717, 1.165) is 48.1 Å². The first-order chi connectivity index (χ1) is 28.2. The van der Waals surface area contributed by atoms with Crippen LogP contribution in [0.5, 0.6) is 0 Å².